The van der Waals surface area contributed by atoms with Crippen molar-refractivity contribution < 1.29 is 13.2 Å². The molecular weight excluding hydrogens is 575 g/mol. The number of hydrogen-bond donors (Lipinski definition) is 1. The van der Waals surface area contributed by atoms with Crippen LogP contribution in [-0.2, 0) is 21.1 Å². The van der Waals surface area contributed by atoms with Crippen LogP contribution in [-0.4, -0.2) is 14.3 Å². The number of hydrogen-bond acceptors (Lipinski definition) is 3. The van der Waals surface area contributed by atoms with Crippen LogP contribution in [0.5, 0.6) is 0 Å². The summed E-state index contributed by atoms with van der Waals surface area (Å²) < 4.78 is 28.5. The second-order valence-electron chi connectivity index (χ2n) is 14.0. The summed E-state index contributed by atoms with van der Waals surface area (Å²) in [5.74, 6) is -0.302. The van der Waals surface area contributed by atoms with Gasteiger partial charge in [0.05, 0.1) is 16.2 Å². The summed E-state index contributed by atoms with van der Waals surface area (Å²) in [5, 5.41) is 0. The molecule has 0 saturated carbocycles. The maximum Gasteiger partial charge on any atom is 0.221 e. The fourth-order valence-electron chi connectivity index (χ4n) is 7.23. The number of rotatable bonds is 9. The second-order valence-corrected chi connectivity index (χ2v) is 15.8. The highest BCUT2D eigenvalue weighted by atomic mass is 32.2. The lowest BCUT2D eigenvalue weighted by Gasteiger charge is -2.38. The molecule has 0 aromatic heterocycles. The Morgan fingerprint density at radius 2 is 1.07 bits per heavy atom. The summed E-state index contributed by atoms with van der Waals surface area (Å²) in [5.41, 5.74) is 19.1. The van der Waals surface area contributed by atoms with E-state index in [1.54, 1.807) is 0 Å². The number of amides is 1. The van der Waals surface area contributed by atoms with Gasteiger partial charge in [0.15, 0.2) is 0 Å². The highest BCUT2D eigenvalue weighted by Gasteiger charge is 2.47. The molecule has 2 heterocycles. The van der Waals surface area contributed by atoms with Crippen LogP contribution in [0.15, 0.2) is 64.4 Å². The molecule has 0 spiro atoms. The van der Waals surface area contributed by atoms with Crippen molar-refractivity contribution in [1.82, 2.24) is 0 Å². The predicted octanol–water partition coefficient (Wildman–Crippen LogP) is 9.97. The molecule has 2 N–H and O–H groups in total. The van der Waals surface area contributed by atoms with Crippen molar-refractivity contribution in [3.63, 3.8) is 0 Å². The van der Waals surface area contributed by atoms with Crippen LogP contribution >= 0.6 is 0 Å². The maximum atomic E-state index is 14.2. The molecule has 0 aliphatic carbocycles. The van der Waals surface area contributed by atoms with Crippen molar-refractivity contribution >= 4 is 15.7 Å². The zero-order valence-electron chi connectivity index (χ0n) is 28.4. The summed E-state index contributed by atoms with van der Waals surface area (Å²) in [6.45, 7) is 21.2. The van der Waals surface area contributed by atoms with E-state index in [9.17, 15) is 13.2 Å². The number of fused-ring (bicyclic) bond motifs is 2. The number of sulfone groups is 1. The first-order valence-corrected chi connectivity index (χ1v) is 17.7. The summed E-state index contributed by atoms with van der Waals surface area (Å²) in [7, 11) is -3.64. The lowest BCUT2D eigenvalue weighted by Crippen LogP contribution is -2.26. The van der Waals surface area contributed by atoms with Crippen molar-refractivity contribution in [2.75, 3.05) is 0 Å². The normalized spacial score (nSPS) is 13.6. The Morgan fingerprint density at radius 1 is 0.622 bits per heavy atom. The van der Waals surface area contributed by atoms with Gasteiger partial charge in [0, 0.05) is 5.56 Å². The van der Waals surface area contributed by atoms with Gasteiger partial charge in [-0.25, -0.2) is 8.42 Å². The molecule has 1 amide bonds. The molecule has 0 fully saturated rings. The van der Waals surface area contributed by atoms with Gasteiger partial charge in [-0.15, -0.1) is 0 Å². The molecule has 2 aliphatic rings. The number of primary amides is 1. The van der Waals surface area contributed by atoms with Crippen LogP contribution in [0.3, 0.4) is 0 Å². The molecule has 2 bridgehead atoms. The minimum absolute atomic E-state index is 0.0528. The van der Waals surface area contributed by atoms with Gasteiger partial charge in [-0.2, -0.15) is 0 Å². The standard InChI is InChI=1S/C40H47NO3S/c1-21(2)29-19-30(27-15-11-25(9)12-16-27)37(33(22(3)4)31(29)20-32(41)42)38-34(23(5)6)39-36(28-17-13-26(10)14-18-28)40(45(39,43)44)35(38)24(7)8/h11-19,21-24H,20H2,1-10H3,(H2,41,42). The fraction of sp³-hybridized carbons (Fsp3) is 0.375. The van der Waals surface area contributed by atoms with Crippen LogP contribution in [0.25, 0.3) is 33.4 Å². The van der Waals surface area contributed by atoms with Crippen molar-refractivity contribution in [1.29, 1.82) is 0 Å². The van der Waals surface area contributed by atoms with Crippen molar-refractivity contribution in [3.05, 3.63) is 93.5 Å². The van der Waals surface area contributed by atoms with Crippen LogP contribution in [0, 0.1) is 13.8 Å². The topological polar surface area (TPSA) is 77.2 Å². The second kappa shape index (κ2) is 11.9. The molecule has 4 aromatic carbocycles. The molecule has 4 aromatic rings. The highest BCUT2D eigenvalue weighted by molar-refractivity contribution is 7.93. The molecule has 45 heavy (non-hydrogen) atoms. The van der Waals surface area contributed by atoms with E-state index in [0.29, 0.717) is 9.79 Å². The third-order valence-electron chi connectivity index (χ3n) is 9.19. The molecule has 0 atom stereocenters. The van der Waals surface area contributed by atoms with Gasteiger partial charge in [-0.3, -0.25) is 4.79 Å². The van der Waals surface area contributed by atoms with Gasteiger partial charge in [-0.1, -0.05) is 115 Å². The zero-order valence-corrected chi connectivity index (χ0v) is 29.2. The maximum absolute atomic E-state index is 14.2. The molecule has 0 radical (unpaired) electrons. The van der Waals surface area contributed by atoms with Gasteiger partial charge in [0.25, 0.3) is 0 Å². The number of aryl methyl sites for hydroxylation is 2. The number of nitrogens with two attached hydrogens (primary N) is 1. The first-order valence-electron chi connectivity index (χ1n) is 16.2. The van der Waals surface area contributed by atoms with Crippen molar-refractivity contribution in [2.24, 2.45) is 5.73 Å². The van der Waals surface area contributed by atoms with Crippen LogP contribution < -0.4 is 5.73 Å². The average Bonchev–Trinajstić information content (AvgIpc) is 2.95. The van der Waals surface area contributed by atoms with E-state index < -0.39 is 9.84 Å². The van der Waals surface area contributed by atoms with E-state index in [2.05, 4.69) is 92.6 Å². The fourth-order valence-corrected chi connectivity index (χ4v) is 9.52. The molecular formula is C40H47NO3S. The Bertz CT molecular complexity index is 1870. The number of benzene rings is 4. The molecule has 236 valence electrons. The van der Waals surface area contributed by atoms with E-state index in [1.165, 1.54) is 5.56 Å². The predicted molar refractivity (Wildman–Crippen MR) is 187 cm³/mol. The van der Waals surface area contributed by atoms with Crippen LogP contribution in [0.4, 0.5) is 0 Å². The quantitative estimate of drug-likeness (QED) is 0.178. The molecule has 6 rings (SSSR count). The first kappa shape index (κ1) is 32.7. The summed E-state index contributed by atoms with van der Waals surface area (Å²) in [6, 6.07) is 19.0. The van der Waals surface area contributed by atoms with Gasteiger partial charge in [0.1, 0.15) is 0 Å². The minimum atomic E-state index is -3.64. The number of carbonyl (C=O) groups is 1. The smallest absolute Gasteiger partial charge is 0.221 e. The molecule has 0 unspecified atom stereocenters. The number of carbonyl (C=O) groups excluding carboxylic acids is 1. The molecule has 5 heteroatoms. The van der Waals surface area contributed by atoms with E-state index in [4.69, 9.17) is 5.73 Å². The van der Waals surface area contributed by atoms with Gasteiger partial charge < -0.3 is 5.73 Å². The minimum Gasteiger partial charge on any atom is -0.369 e. The van der Waals surface area contributed by atoms with E-state index in [-0.39, 0.29) is 36.0 Å². The zero-order chi connectivity index (χ0) is 33.1. The third-order valence-corrected chi connectivity index (χ3v) is 11.1. The Balaban J connectivity index is 2.07. The lowest BCUT2D eigenvalue weighted by molar-refractivity contribution is -0.117. The van der Waals surface area contributed by atoms with E-state index in [1.807, 2.05) is 31.2 Å². The molecule has 2 aliphatic heterocycles. The van der Waals surface area contributed by atoms with E-state index in [0.717, 1.165) is 66.8 Å². The lowest BCUT2D eigenvalue weighted by atomic mass is 9.73. The first-order chi connectivity index (χ1) is 21.1. The molecule has 4 nitrogen and oxygen atoms in total. The van der Waals surface area contributed by atoms with Gasteiger partial charge in [-0.05, 0) is 99.2 Å². The SMILES string of the molecule is Cc1ccc(-c2cc(C(C)C)c(CC(N)=O)c(C(C)C)c2-c2c(C(C)C)c3c(-c4ccc(C)cc4)c(c2C(C)C)S3(=O)=O)cc1. The van der Waals surface area contributed by atoms with Crippen LogP contribution in [0.1, 0.15) is 118 Å². The highest BCUT2D eigenvalue weighted by Crippen LogP contribution is 2.59. The summed E-state index contributed by atoms with van der Waals surface area (Å²) in [4.78, 5) is 13.5. The summed E-state index contributed by atoms with van der Waals surface area (Å²) >= 11 is 0. The third kappa shape index (κ3) is 5.43. The Morgan fingerprint density at radius 3 is 1.47 bits per heavy atom. The van der Waals surface area contributed by atoms with Crippen LogP contribution in [0.2, 0.25) is 0 Å². The van der Waals surface area contributed by atoms with Crippen molar-refractivity contribution in [3.8, 4) is 33.4 Å². The van der Waals surface area contributed by atoms with Gasteiger partial charge in [0.2, 0.25) is 15.7 Å². The summed E-state index contributed by atoms with van der Waals surface area (Å²) in [6.07, 6.45) is 0.135. The Hall–Kier alpha value is -3.70. The monoisotopic (exact) mass is 621 g/mol. The average molecular weight is 622 g/mol. The van der Waals surface area contributed by atoms with Crippen molar-refractivity contribution in [2.45, 2.75) is 109 Å². The Kier molecular flexibility index (Phi) is 8.65. The van der Waals surface area contributed by atoms with E-state index >= 15 is 0 Å². The van der Waals surface area contributed by atoms with Gasteiger partial charge >= 0.3 is 0 Å². The largest absolute Gasteiger partial charge is 0.369 e. The Labute approximate surface area is 270 Å². The molecule has 0 saturated heterocycles.